The van der Waals surface area contributed by atoms with Gasteiger partial charge in [-0.15, -0.1) is 0 Å². The zero-order valence-electron chi connectivity index (χ0n) is 13.3. The Bertz CT molecular complexity index is 294. The zero-order chi connectivity index (χ0) is 13.6. The SMILES string of the molecule is CC(C)CC(C)CNC1CC2CCC1(C)C2(C)C. The first-order valence-corrected chi connectivity index (χ1v) is 8.00. The Balaban J connectivity index is 1.89. The first kappa shape index (κ1) is 14.4. The van der Waals surface area contributed by atoms with Crippen molar-refractivity contribution in [3.05, 3.63) is 0 Å². The second-order valence-corrected chi connectivity index (χ2v) is 8.31. The monoisotopic (exact) mass is 251 g/mol. The van der Waals surface area contributed by atoms with Gasteiger partial charge in [-0.3, -0.25) is 0 Å². The van der Waals surface area contributed by atoms with Crippen LogP contribution in [-0.2, 0) is 0 Å². The molecule has 1 heteroatoms. The fraction of sp³-hybridized carbons (Fsp3) is 1.00. The minimum Gasteiger partial charge on any atom is -0.313 e. The molecule has 0 aromatic heterocycles. The van der Waals surface area contributed by atoms with Gasteiger partial charge in [0.1, 0.15) is 0 Å². The molecular weight excluding hydrogens is 218 g/mol. The van der Waals surface area contributed by atoms with E-state index >= 15 is 0 Å². The zero-order valence-corrected chi connectivity index (χ0v) is 13.3. The smallest absolute Gasteiger partial charge is 0.0129 e. The standard InChI is InChI=1S/C17H33N/c1-12(2)9-13(3)11-18-15-10-14-7-8-17(15,6)16(14,4)5/h12-15,18H,7-11H2,1-6H3. The van der Waals surface area contributed by atoms with Crippen molar-refractivity contribution >= 4 is 0 Å². The van der Waals surface area contributed by atoms with Crippen LogP contribution in [0.2, 0.25) is 0 Å². The van der Waals surface area contributed by atoms with Crippen molar-refractivity contribution in [1.29, 1.82) is 0 Å². The summed E-state index contributed by atoms with van der Waals surface area (Å²) < 4.78 is 0. The maximum absolute atomic E-state index is 3.91. The van der Waals surface area contributed by atoms with E-state index in [0.29, 0.717) is 10.8 Å². The highest BCUT2D eigenvalue weighted by molar-refractivity contribution is 5.12. The Labute approximate surface area is 114 Å². The molecule has 0 spiro atoms. The van der Waals surface area contributed by atoms with Crippen LogP contribution in [-0.4, -0.2) is 12.6 Å². The molecule has 1 N–H and O–H groups in total. The lowest BCUT2D eigenvalue weighted by Crippen LogP contribution is -2.45. The number of hydrogen-bond donors (Lipinski definition) is 1. The van der Waals surface area contributed by atoms with Gasteiger partial charge in [-0.05, 0) is 60.8 Å². The lowest BCUT2D eigenvalue weighted by Gasteiger charge is -2.40. The van der Waals surface area contributed by atoms with Crippen LogP contribution in [0.1, 0.15) is 67.2 Å². The largest absolute Gasteiger partial charge is 0.313 e. The van der Waals surface area contributed by atoms with Crippen LogP contribution in [0.4, 0.5) is 0 Å². The molecule has 0 aliphatic heterocycles. The van der Waals surface area contributed by atoms with Gasteiger partial charge in [0.2, 0.25) is 0 Å². The molecule has 106 valence electrons. The Morgan fingerprint density at radius 1 is 1.17 bits per heavy atom. The third-order valence-corrected chi connectivity index (χ3v) is 6.38. The van der Waals surface area contributed by atoms with Crippen LogP contribution in [0.5, 0.6) is 0 Å². The molecular formula is C17H33N. The Hall–Kier alpha value is -0.0400. The van der Waals surface area contributed by atoms with Gasteiger partial charge in [0.25, 0.3) is 0 Å². The molecule has 0 aromatic rings. The number of rotatable bonds is 5. The maximum Gasteiger partial charge on any atom is 0.0129 e. The summed E-state index contributed by atoms with van der Waals surface area (Å²) in [5, 5.41) is 3.91. The highest BCUT2D eigenvalue weighted by atomic mass is 15.0. The van der Waals surface area contributed by atoms with E-state index in [1.807, 2.05) is 0 Å². The molecule has 0 amide bonds. The lowest BCUT2D eigenvalue weighted by molar-refractivity contribution is 0.119. The highest BCUT2D eigenvalue weighted by Gasteiger charge is 2.60. The molecule has 4 atom stereocenters. The molecule has 1 nitrogen and oxygen atoms in total. The molecule has 0 aromatic carbocycles. The quantitative estimate of drug-likeness (QED) is 0.760. The average molecular weight is 251 g/mol. The van der Waals surface area contributed by atoms with Crippen LogP contribution in [0.15, 0.2) is 0 Å². The van der Waals surface area contributed by atoms with Crippen molar-refractivity contribution in [2.45, 2.75) is 73.3 Å². The highest BCUT2D eigenvalue weighted by Crippen LogP contribution is 2.65. The van der Waals surface area contributed by atoms with Crippen molar-refractivity contribution in [3.63, 3.8) is 0 Å². The Morgan fingerprint density at radius 3 is 2.28 bits per heavy atom. The fourth-order valence-corrected chi connectivity index (χ4v) is 4.74. The molecule has 0 radical (unpaired) electrons. The van der Waals surface area contributed by atoms with Crippen molar-refractivity contribution in [3.8, 4) is 0 Å². The van der Waals surface area contributed by atoms with E-state index in [-0.39, 0.29) is 0 Å². The number of fused-ring (bicyclic) bond motifs is 2. The van der Waals surface area contributed by atoms with Crippen molar-refractivity contribution in [2.75, 3.05) is 6.54 Å². The van der Waals surface area contributed by atoms with E-state index in [2.05, 4.69) is 46.9 Å². The summed E-state index contributed by atoms with van der Waals surface area (Å²) in [6.45, 7) is 15.8. The molecule has 4 unspecified atom stereocenters. The third kappa shape index (κ3) is 2.24. The van der Waals surface area contributed by atoms with Gasteiger partial charge in [-0.2, -0.15) is 0 Å². The van der Waals surface area contributed by atoms with Gasteiger partial charge in [0.05, 0.1) is 0 Å². The molecule has 2 aliphatic carbocycles. The second-order valence-electron chi connectivity index (χ2n) is 8.31. The molecule has 2 fully saturated rings. The third-order valence-electron chi connectivity index (χ3n) is 6.38. The van der Waals surface area contributed by atoms with Gasteiger partial charge in [-0.1, -0.05) is 41.5 Å². The fourth-order valence-electron chi connectivity index (χ4n) is 4.74. The molecule has 2 rings (SSSR count). The predicted octanol–water partition coefficient (Wildman–Crippen LogP) is 4.47. The Morgan fingerprint density at radius 2 is 1.83 bits per heavy atom. The molecule has 2 bridgehead atoms. The summed E-state index contributed by atoms with van der Waals surface area (Å²) in [6.07, 6.45) is 5.66. The lowest BCUT2D eigenvalue weighted by atomic mass is 9.69. The van der Waals surface area contributed by atoms with E-state index in [1.54, 1.807) is 0 Å². The van der Waals surface area contributed by atoms with Gasteiger partial charge < -0.3 is 5.32 Å². The second kappa shape index (κ2) is 4.81. The summed E-state index contributed by atoms with van der Waals surface area (Å²) >= 11 is 0. The van der Waals surface area contributed by atoms with Crippen molar-refractivity contribution in [2.24, 2.45) is 28.6 Å². The topological polar surface area (TPSA) is 12.0 Å². The maximum atomic E-state index is 3.91. The first-order chi connectivity index (χ1) is 8.27. The number of nitrogens with one attached hydrogen (secondary N) is 1. The molecule has 0 saturated heterocycles. The van der Waals surface area contributed by atoms with Crippen LogP contribution < -0.4 is 5.32 Å². The van der Waals surface area contributed by atoms with Crippen LogP contribution >= 0.6 is 0 Å². The summed E-state index contributed by atoms with van der Waals surface area (Å²) in [7, 11) is 0. The first-order valence-electron chi connectivity index (χ1n) is 8.00. The van der Waals surface area contributed by atoms with E-state index in [9.17, 15) is 0 Å². The summed E-state index contributed by atoms with van der Waals surface area (Å²) in [4.78, 5) is 0. The minimum absolute atomic E-state index is 0.537. The summed E-state index contributed by atoms with van der Waals surface area (Å²) in [5.74, 6) is 2.60. The molecule has 0 heterocycles. The van der Waals surface area contributed by atoms with Gasteiger partial charge in [0.15, 0.2) is 0 Å². The normalized spacial score (nSPS) is 39.5. The van der Waals surface area contributed by atoms with Crippen LogP contribution in [0.25, 0.3) is 0 Å². The van der Waals surface area contributed by atoms with Gasteiger partial charge in [-0.25, -0.2) is 0 Å². The van der Waals surface area contributed by atoms with Gasteiger partial charge in [0, 0.05) is 6.04 Å². The molecule has 18 heavy (non-hydrogen) atoms. The molecule has 2 saturated carbocycles. The number of hydrogen-bond acceptors (Lipinski definition) is 1. The van der Waals surface area contributed by atoms with Crippen molar-refractivity contribution < 1.29 is 0 Å². The van der Waals surface area contributed by atoms with Crippen LogP contribution in [0, 0.1) is 28.6 Å². The van der Waals surface area contributed by atoms with Gasteiger partial charge >= 0.3 is 0 Å². The van der Waals surface area contributed by atoms with E-state index < -0.39 is 0 Å². The van der Waals surface area contributed by atoms with Crippen LogP contribution in [0.3, 0.4) is 0 Å². The van der Waals surface area contributed by atoms with E-state index in [0.717, 1.165) is 23.8 Å². The average Bonchev–Trinajstić information content (AvgIpc) is 2.57. The molecule has 2 aliphatic rings. The minimum atomic E-state index is 0.537. The van der Waals surface area contributed by atoms with Crippen molar-refractivity contribution in [1.82, 2.24) is 5.32 Å². The predicted molar refractivity (Wildman–Crippen MR) is 79.6 cm³/mol. The Kier molecular flexibility index (Phi) is 3.84. The summed E-state index contributed by atoms with van der Waals surface area (Å²) in [5.41, 5.74) is 1.08. The summed E-state index contributed by atoms with van der Waals surface area (Å²) in [6, 6.07) is 0.765. The van der Waals surface area contributed by atoms with E-state index in [4.69, 9.17) is 0 Å². The van der Waals surface area contributed by atoms with E-state index in [1.165, 1.54) is 32.2 Å².